The summed E-state index contributed by atoms with van der Waals surface area (Å²) in [6.07, 6.45) is 5.43. The second kappa shape index (κ2) is 11.0. The first-order valence-electron chi connectivity index (χ1n) is 12.8. The molecule has 1 fully saturated rings. The number of amides is 3. The number of terminal acetylenes is 1. The number of carbonyl (C=O) groups excluding carboxylic acids is 3. The van der Waals surface area contributed by atoms with Crippen LogP contribution in [-0.4, -0.2) is 68.9 Å². The van der Waals surface area contributed by atoms with Crippen LogP contribution < -0.4 is 5.32 Å². The minimum absolute atomic E-state index is 0.0131. The van der Waals surface area contributed by atoms with E-state index < -0.39 is 52.5 Å². The molecule has 3 N–H and O–H groups in total. The molecule has 3 atom stereocenters. The molecule has 0 bridgehead atoms. The topological polar surface area (TPSA) is 130 Å². The van der Waals surface area contributed by atoms with Crippen LogP contribution in [-0.2, 0) is 9.59 Å². The Kier molecular flexibility index (Phi) is 7.87. The molecule has 1 aliphatic rings. The number of hydrogen-bond donors (Lipinski definition) is 3. The van der Waals surface area contributed by atoms with Crippen molar-refractivity contribution in [1.82, 2.24) is 14.8 Å². The SMILES string of the molecule is C#C[C@]1(C(=O)Nc2ccccc2)C[C@@H](C#N)N(C(=O)[C@H](CC(C)(C)O)N(C)C(=O)c2cc3c(F)cc(F)cc3[nH]2)C1. The van der Waals surface area contributed by atoms with E-state index in [2.05, 4.69) is 16.2 Å². The predicted molar refractivity (Wildman–Crippen MR) is 147 cm³/mol. The number of halogens is 2. The van der Waals surface area contributed by atoms with Gasteiger partial charge in [0.25, 0.3) is 5.91 Å². The Morgan fingerprint density at radius 2 is 1.95 bits per heavy atom. The van der Waals surface area contributed by atoms with E-state index in [9.17, 15) is 33.5 Å². The zero-order valence-corrected chi connectivity index (χ0v) is 22.7. The Balaban J connectivity index is 1.64. The van der Waals surface area contributed by atoms with Crippen molar-refractivity contribution in [3.8, 4) is 18.4 Å². The summed E-state index contributed by atoms with van der Waals surface area (Å²) in [5.41, 5.74) is -2.52. The van der Waals surface area contributed by atoms with Gasteiger partial charge in [-0.15, -0.1) is 6.42 Å². The second-order valence-electron chi connectivity index (χ2n) is 10.8. The number of nitriles is 1. The zero-order valence-electron chi connectivity index (χ0n) is 22.7. The number of aromatic nitrogens is 1. The number of rotatable bonds is 7. The van der Waals surface area contributed by atoms with Crippen molar-refractivity contribution in [3.63, 3.8) is 0 Å². The summed E-state index contributed by atoms with van der Waals surface area (Å²) < 4.78 is 28.0. The van der Waals surface area contributed by atoms with Crippen LogP contribution in [0.15, 0.2) is 48.5 Å². The van der Waals surface area contributed by atoms with E-state index in [0.717, 1.165) is 15.9 Å². The fraction of sp³-hybridized carbons (Fsp3) is 0.333. The van der Waals surface area contributed by atoms with Crippen molar-refractivity contribution < 1.29 is 28.3 Å². The lowest BCUT2D eigenvalue weighted by atomic mass is 9.85. The van der Waals surface area contributed by atoms with Crippen LogP contribution in [0, 0.1) is 40.7 Å². The first-order chi connectivity index (χ1) is 19.3. The van der Waals surface area contributed by atoms with Crippen molar-refractivity contribution >= 4 is 34.3 Å². The number of likely N-dealkylation sites (N-methyl/N-ethyl adjacent to an activating group) is 1. The summed E-state index contributed by atoms with van der Waals surface area (Å²) in [6.45, 7) is 2.62. The van der Waals surface area contributed by atoms with Crippen LogP contribution in [0.25, 0.3) is 10.9 Å². The standard InChI is InChI=1S/C30H29F2N5O4/c1-5-30(28(40)34-19-9-7-6-8-10-19)14-20(16-33)37(17-30)27(39)25(15-29(2,3)41)36(4)26(38)24-13-21-22(32)11-18(31)12-23(21)35-24/h1,6-13,20,25,35,41H,14-15,17H2,2-4H3,(H,34,40)/t20-,25-,30-/m0/s1. The van der Waals surface area contributed by atoms with Crippen molar-refractivity contribution in [2.75, 3.05) is 18.9 Å². The maximum atomic E-state index is 14.3. The smallest absolute Gasteiger partial charge is 0.270 e. The first-order valence-corrected chi connectivity index (χ1v) is 12.8. The lowest BCUT2D eigenvalue weighted by Crippen LogP contribution is -2.53. The molecule has 1 saturated heterocycles. The summed E-state index contributed by atoms with van der Waals surface area (Å²) in [6, 6.07) is 11.2. The van der Waals surface area contributed by atoms with Gasteiger partial charge in [0.2, 0.25) is 11.8 Å². The monoisotopic (exact) mass is 561 g/mol. The number of anilines is 1. The number of para-hydroxylation sites is 1. The number of H-pyrrole nitrogens is 1. The number of benzene rings is 2. The molecule has 11 heteroatoms. The van der Waals surface area contributed by atoms with E-state index in [1.54, 1.807) is 30.3 Å². The minimum atomic E-state index is -1.52. The number of fused-ring (bicyclic) bond motifs is 1. The Morgan fingerprint density at radius 1 is 1.27 bits per heavy atom. The Morgan fingerprint density at radius 3 is 2.56 bits per heavy atom. The number of hydrogen-bond acceptors (Lipinski definition) is 5. The van der Waals surface area contributed by atoms with E-state index >= 15 is 0 Å². The lowest BCUT2D eigenvalue weighted by Gasteiger charge is -2.35. The molecule has 1 aromatic heterocycles. The summed E-state index contributed by atoms with van der Waals surface area (Å²) in [7, 11) is 1.33. The Labute approximate surface area is 235 Å². The lowest BCUT2D eigenvalue weighted by molar-refractivity contribution is -0.138. The van der Waals surface area contributed by atoms with Gasteiger partial charge in [-0.3, -0.25) is 14.4 Å². The third kappa shape index (κ3) is 5.91. The Hall–Kier alpha value is -4.74. The third-order valence-corrected chi connectivity index (χ3v) is 7.18. The minimum Gasteiger partial charge on any atom is -0.390 e. The molecular formula is C30H29F2N5O4. The van der Waals surface area contributed by atoms with Gasteiger partial charge in [0.15, 0.2) is 0 Å². The van der Waals surface area contributed by atoms with Gasteiger partial charge >= 0.3 is 0 Å². The van der Waals surface area contributed by atoms with Crippen LogP contribution >= 0.6 is 0 Å². The third-order valence-electron chi connectivity index (χ3n) is 7.18. The highest BCUT2D eigenvalue weighted by Crippen LogP contribution is 2.37. The molecule has 41 heavy (non-hydrogen) atoms. The highest BCUT2D eigenvalue weighted by atomic mass is 19.1. The number of aromatic amines is 1. The Bertz CT molecular complexity index is 1580. The van der Waals surface area contributed by atoms with Crippen molar-refractivity contribution in [1.29, 1.82) is 5.26 Å². The van der Waals surface area contributed by atoms with Crippen molar-refractivity contribution in [2.45, 2.75) is 44.4 Å². The molecule has 0 aliphatic carbocycles. The number of aliphatic hydroxyl groups is 1. The van der Waals surface area contributed by atoms with Crippen LogP contribution in [0.2, 0.25) is 0 Å². The van der Waals surface area contributed by atoms with Crippen LogP contribution in [0.4, 0.5) is 14.5 Å². The summed E-state index contributed by atoms with van der Waals surface area (Å²) in [5.74, 6) is -1.21. The van der Waals surface area contributed by atoms with Crippen LogP contribution in [0.3, 0.4) is 0 Å². The maximum absolute atomic E-state index is 14.3. The molecule has 0 spiro atoms. The van der Waals surface area contributed by atoms with Gasteiger partial charge in [-0.05, 0) is 38.1 Å². The van der Waals surface area contributed by atoms with Gasteiger partial charge in [-0.1, -0.05) is 24.1 Å². The molecule has 2 heterocycles. The fourth-order valence-electron chi connectivity index (χ4n) is 5.02. The van der Waals surface area contributed by atoms with Crippen LogP contribution in [0.1, 0.15) is 37.2 Å². The van der Waals surface area contributed by atoms with Crippen molar-refractivity contribution in [3.05, 3.63) is 65.9 Å². The van der Waals surface area contributed by atoms with Gasteiger partial charge in [0.05, 0.1) is 17.2 Å². The average molecular weight is 562 g/mol. The normalized spacial score (nSPS) is 19.3. The molecule has 3 amide bonds. The molecule has 3 aromatic rings. The molecule has 1 aliphatic heterocycles. The molecule has 212 valence electrons. The van der Waals surface area contributed by atoms with Gasteiger partial charge in [0, 0.05) is 43.6 Å². The van der Waals surface area contributed by atoms with Gasteiger partial charge in [-0.25, -0.2) is 8.78 Å². The van der Waals surface area contributed by atoms with E-state index in [1.165, 1.54) is 27.0 Å². The zero-order chi connectivity index (χ0) is 30.1. The maximum Gasteiger partial charge on any atom is 0.270 e. The number of nitrogens with zero attached hydrogens (tertiary/aromatic N) is 3. The summed E-state index contributed by atoms with van der Waals surface area (Å²) >= 11 is 0. The number of carbonyl (C=O) groups is 3. The number of nitrogens with one attached hydrogen (secondary N) is 2. The average Bonchev–Trinajstić information content (AvgIpc) is 3.53. The first kappa shape index (κ1) is 29.2. The van der Waals surface area contributed by atoms with E-state index in [-0.39, 0.29) is 36.0 Å². The molecule has 0 saturated carbocycles. The highest BCUT2D eigenvalue weighted by molar-refractivity contribution is 6.01. The second-order valence-corrected chi connectivity index (χ2v) is 10.8. The molecule has 2 aromatic carbocycles. The predicted octanol–water partition coefficient (Wildman–Crippen LogP) is 3.43. The van der Waals surface area contributed by atoms with E-state index in [0.29, 0.717) is 11.8 Å². The van der Waals surface area contributed by atoms with Crippen molar-refractivity contribution in [2.24, 2.45) is 5.41 Å². The van der Waals surface area contributed by atoms with E-state index in [4.69, 9.17) is 6.42 Å². The molecule has 9 nitrogen and oxygen atoms in total. The molecule has 4 rings (SSSR count). The van der Waals surface area contributed by atoms with E-state index in [1.807, 2.05) is 6.07 Å². The number of likely N-dealkylation sites (tertiary alicyclic amines) is 1. The molecule has 0 radical (unpaired) electrons. The van der Waals surface area contributed by atoms with Gasteiger partial charge in [0.1, 0.15) is 34.8 Å². The van der Waals surface area contributed by atoms with Crippen LogP contribution in [0.5, 0.6) is 0 Å². The molecule has 0 unspecified atom stereocenters. The molecular weight excluding hydrogens is 532 g/mol. The quantitative estimate of drug-likeness (QED) is 0.381. The summed E-state index contributed by atoms with van der Waals surface area (Å²) in [5, 5.41) is 23.2. The highest BCUT2D eigenvalue weighted by Gasteiger charge is 2.52. The van der Waals surface area contributed by atoms with Gasteiger partial charge < -0.3 is 25.2 Å². The summed E-state index contributed by atoms with van der Waals surface area (Å²) in [4.78, 5) is 45.6. The van der Waals surface area contributed by atoms with Gasteiger partial charge in [-0.2, -0.15) is 5.26 Å². The largest absolute Gasteiger partial charge is 0.390 e. The fourth-order valence-corrected chi connectivity index (χ4v) is 5.02.